The van der Waals surface area contributed by atoms with Crippen molar-refractivity contribution in [2.24, 2.45) is 17.8 Å². The Kier molecular flexibility index (Phi) is 66.2. The molecule has 0 heterocycles. The third-order valence-electron chi connectivity index (χ3n) is 18.6. The molecule has 570 valence electrons. The molecule has 3 N–H and O–H groups in total. The third kappa shape index (κ3) is 67.9. The van der Waals surface area contributed by atoms with Crippen LogP contribution in [0.15, 0.2) is 0 Å². The topological polar surface area (TPSA) is 237 Å². The van der Waals surface area contributed by atoms with Crippen molar-refractivity contribution in [1.82, 2.24) is 0 Å². The van der Waals surface area contributed by atoms with E-state index in [0.717, 1.165) is 114 Å². The molecule has 0 radical (unpaired) electrons. The van der Waals surface area contributed by atoms with E-state index in [1.807, 2.05) is 0 Å². The van der Waals surface area contributed by atoms with Gasteiger partial charge in [0.05, 0.1) is 26.4 Å². The van der Waals surface area contributed by atoms with E-state index < -0.39 is 97.5 Å². The molecule has 0 spiro atoms. The molecule has 17 nitrogen and oxygen atoms in total. The molecule has 7 atom stereocenters. The van der Waals surface area contributed by atoms with Crippen molar-refractivity contribution in [1.29, 1.82) is 0 Å². The van der Waals surface area contributed by atoms with Crippen LogP contribution in [0, 0.1) is 17.8 Å². The van der Waals surface area contributed by atoms with Crippen LogP contribution in [0.2, 0.25) is 0 Å². The molecule has 0 saturated carbocycles. The zero-order chi connectivity index (χ0) is 70.9. The molecule has 0 aromatic rings. The van der Waals surface area contributed by atoms with E-state index in [-0.39, 0.29) is 25.7 Å². The highest BCUT2D eigenvalue weighted by atomic mass is 31.2. The number of hydrogen-bond acceptors (Lipinski definition) is 15. The molecule has 0 rings (SSSR count). The molecular formula is C77H150O17P2. The maximum absolute atomic E-state index is 13.1. The van der Waals surface area contributed by atoms with Gasteiger partial charge >= 0.3 is 39.5 Å². The van der Waals surface area contributed by atoms with Gasteiger partial charge in [0.1, 0.15) is 19.3 Å². The molecule has 0 amide bonds. The predicted octanol–water partition coefficient (Wildman–Crippen LogP) is 22.6. The number of rotatable bonds is 75. The van der Waals surface area contributed by atoms with Gasteiger partial charge in [0.25, 0.3) is 0 Å². The highest BCUT2D eigenvalue weighted by Crippen LogP contribution is 2.45. The molecule has 0 aliphatic rings. The Morgan fingerprint density at radius 2 is 0.531 bits per heavy atom. The Bertz CT molecular complexity index is 1870. The van der Waals surface area contributed by atoms with Gasteiger partial charge in [0, 0.05) is 25.7 Å². The van der Waals surface area contributed by atoms with E-state index in [1.54, 1.807) is 0 Å². The summed E-state index contributed by atoms with van der Waals surface area (Å²) in [6.45, 7) is 11.8. The van der Waals surface area contributed by atoms with Gasteiger partial charge in [0.15, 0.2) is 12.2 Å². The van der Waals surface area contributed by atoms with Crippen LogP contribution in [-0.4, -0.2) is 96.7 Å². The molecule has 4 unspecified atom stereocenters. The fraction of sp³-hybridized carbons (Fsp3) is 0.948. The molecule has 0 saturated heterocycles. The minimum Gasteiger partial charge on any atom is -0.462 e. The fourth-order valence-electron chi connectivity index (χ4n) is 11.7. The van der Waals surface area contributed by atoms with E-state index in [4.69, 9.17) is 37.0 Å². The average Bonchev–Trinajstić information content (AvgIpc) is 1.98. The van der Waals surface area contributed by atoms with Crippen LogP contribution >= 0.6 is 15.6 Å². The number of hydrogen-bond donors (Lipinski definition) is 3. The number of esters is 4. The minimum absolute atomic E-state index is 0.102. The first-order chi connectivity index (χ1) is 46.3. The van der Waals surface area contributed by atoms with Crippen LogP contribution in [0.25, 0.3) is 0 Å². The summed E-state index contributed by atoms with van der Waals surface area (Å²) in [6, 6.07) is 0. The van der Waals surface area contributed by atoms with E-state index in [2.05, 4.69) is 48.5 Å². The second kappa shape index (κ2) is 67.5. The van der Waals surface area contributed by atoms with Crippen LogP contribution in [0.4, 0.5) is 0 Å². The first kappa shape index (κ1) is 94.1. The first-order valence-electron chi connectivity index (χ1n) is 39.9. The van der Waals surface area contributed by atoms with Crippen molar-refractivity contribution < 1.29 is 80.2 Å². The largest absolute Gasteiger partial charge is 0.472 e. The second-order valence-corrected chi connectivity index (χ2v) is 31.6. The quantitative estimate of drug-likeness (QED) is 0.0222. The van der Waals surface area contributed by atoms with Crippen LogP contribution in [0.5, 0.6) is 0 Å². The smallest absolute Gasteiger partial charge is 0.462 e. The molecule has 0 aliphatic carbocycles. The number of phosphoric acid groups is 2. The molecule has 0 aromatic carbocycles. The maximum atomic E-state index is 13.1. The van der Waals surface area contributed by atoms with Gasteiger partial charge in [-0.25, -0.2) is 9.13 Å². The lowest BCUT2D eigenvalue weighted by molar-refractivity contribution is -0.161. The zero-order valence-corrected chi connectivity index (χ0v) is 64.6. The predicted molar refractivity (Wildman–Crippen MR) is 391 cm³/mol. The van der Waals surface area contributed by atoms with Crippen molar-refractivity contribution in [3.63, 3.8) is 0 Å². The summed E-state index contributed by atoms with van der Waals surface area (Å²) >= 11 is 0. The zero-order valence-electron chi connectivity index (χ0n) is 62.8. The van der Waals surface area contributed by atoms with Crippen molar-refractivity contribution >= 4 is 39.5 Å². The van der Waals surface area contributed by atoms with E-state index in [9.17, 15) is 43.2 Å². The monoisotopic (exact) mass is 1410 g/mol. The Morgan fingerprint density at radius 1 is 0.302 bits per heavy atom. The van der Waals surface area contributed by atoms with Gasteiger partial charge in [-0.3, -0.25) is 37.3 Å². The Morgan fingerprint density at radius 3 is 0.792 bits per heavy atom. The normalized spacial score (nSPS) is 14.6. The summed E-state index contributed by atoms with van der Waals surface area (Å²) in [5.74, 6) is 0.139. The van der Waals surface area contributed by atoms with E-state index in [1.165, 1.54) is 199 Å². The third-order valence-corrected chi connectivity index (χ3v) is 20.5. The molecule has 0 aromatic heterocycles. The van der Waals surface area contributed by atoms with Crippen molar-refractivity contribution in [3.8, 4) is 0 Å². The lowest BCUT2D eigenvalue weighted by Crippen LogP contribution is -2.30. The highest BCUT2D eigenvalue weighted by Gasteiger charge is 2.30. The van der Waals surface area contributed by atoms with Crippen LogP contribution in [0.1, 0.15) is 395 Å². The summed E-state index contributed by atoms with van der Waals surface area (Å²) < 4.78 is 68.5. The van der Waals surface area contributed by atoms with E-state index >= 15 is 0 Å². The number of phosphoric ester groups is 2. The van der Waals surface area contributed by atoms with Crippen molar-refractivity contribution in [2.75, 3.05) is 39.6 Å². The molecule has 19 heteroatoms. The number of unbranched alkanes of at least 4 members (excludes halogenated alkanes) is 41. The number of ether oxygens (including phenoxy) is 4. The average molecular weight is 1410 g/mol. The van der Waals surface area contributed by atoms with Gasteiger partial charge in [0.2, 0.25) is 0 Å². The summed E-state index contributed by atoms with van der Waals surface area (Å²) in [6.07, 6.45) is 54.3. The maximum Gasteiger partial charge on any atom is 0.472 e. The highest BCUT2D eigenvalue weighted by molar-refractivity contribution is 7.47. The Labute approximate surface area is 588 Å². The lowest BCUT2D eigenvalue weighted by atomic mass is 10.00. The van der Waals surface area contributed by atoms with Gasteiger partial charge in [-0.1, -0.05) is 344 Å². The summed E-state index contributed by atoms with van der Waals surface area (Å²) in [4.78, 5) is 72.8. The van der Waals surface area contributed by atoms with Crippen LogP contribution in [0.3, 0.4) is 0 Å². The molecule has 0 aliphatic heterocycles. The van der Waals surface area contributed by atoms with Gasteiger partial charge in [-0.05, 0) is 43.4 Å². The SMILES string of the molecule is CCCCCCCCCCCCCCCCCCCC(=O)OC[C@H](COP(=O)(O)OC[C@@H](O)COP(=O)(O)OC[C@@H](COC(=O)CCCCCCCCC(C)CC)OC(=O)CCCCCCCCC(C)CC)OC(=O)CCCCCCCCCCCCCCCCCCC(C)C. The number of carbonyl (C=O) groups is 4. The fourth-order valence-corrected chi connectivity index (χ4v) is 13.3. The van der Waals surface area contributed by atoms with Crippen LogP contribution < -0.4 is 0 Å². The summed E-state index contributed by atoms with van der Waals surface area (Å²) in [5.41, 5.74) is 0. The van der Waals surface area contributed by atoms with Crippen molar-refractivity contribution in [2.45, 2.75) is 414 Å². The molecule has 96 heavy (non-hydrogen) atoms. The molecular weight excluding hydrogens is 1260 g/mol. The van der Waals surface area contributed by atoms with Crippen molar-refractivity contribution in [3.05, 3.63) is 0 Å². The van der Waals surface area contributed by atoms with Crippen LogP contribution in [-0.2, 0) is 65.4 Å². The first-order valence-corrected chi connectivity index (χ1v) is 42.9. The number of aliphatic hydroxyl groups excluding tert-OH is 1. The van der Waals surface area contributed by atoms with Gasteiger partial charge in [-0.2, -0.15) is 0 Å². The Balaban J connectivity index is 5.22. The number of carbonyl (C=O) groups excluding carboxylic acids is 4. The number of aliphatic hydroxyl groups is 1. The molecule has 0 fully saturated rings. The minimum atomic E-state index is -4.96. The Hall–Kier alpha value is -1.94. The summed E-state index contributed by atoms with van der Waals surface area (Å²) in [7, 11) is -9.91. The van der Waals surface area contributed by atoms with Gasteiger partial charge < -0.3 is 33.8 Å². The lowest BCUT2D eigenvalue weighted by Gasteiger charge is -2.21. The van der Waals surface area contributed by atoms with Gasteiger partial charge in [-0.15, -0.1) is 0 Å². The second-order valence-electron chi connectivity index (χ2n) is 28.7. The summed E-state index contributed by atoms with van der Waals surface area (Å²) in [5, 5.41) is 10.6. The standard InChI is InChI=1S/C77H150O17P2/c1-8-11-12-13-14-15-16-17-18-19-23-26-29-32-35-44-51-58-74(79)87-64-72(93-76(81)60-53-46-36-33-30-27-24-21-20-22-25-28-31-34-41-48-55-68(4)5)66-91-95(83,84)89-62-71(78)63-90-96(85,86)92-67-73(94-77(82)61-54-47-40-38-43-50-57-70(7)10-3)65-88-75(80)59-52-45-39-37-42-49-56-69(6)9-2/h68-73,78H,8-67H2,1-7H3,(H,83,84)(H,85,86)/t69?,70?,71-,72-,73-/m1/s1. The van der Waals surface area contributed by atoms with E-state index in [0.29, 0.717) is 25.7 Å². The molecule has 0 bridgehead atoms.